The summed E-state index contributed by atoms with van der Waals surface area (Å²) in [7, 11) is -5.10. The normalized spacial score (nSPS) is 12.7. The summed E-state index contributed by atoms with van der Waals surface area (Å²) < 4.78 is 80.4. The second-order valence-electron chi connectivity index (χ2n) is 6.41. The van der Waals surface area contributed by atoms with Crippen molar-refractivity contribution in [3.8, 4) is 5.75 Å². The zero-order chi connectivity index (χ0) is 26.9. The van der Waals surface area contributed by atoms with Crippen LogP contribution in [0.1, 0.15) is 31.1 Å². The van der Waals surface area contributed by atoms with Gasteiger partial charge in [0.2, 0.25) is 6.10 Å². The van der Waals surface area contributed by atoms with E-state index in [9.17, 15) is 41.1 Å². The summed E-state index contributed by atoms with van der Waals surface area (Å²) >= 11 is 7.51. The van der Waals surface area contributed by atoms with Gasteiger partial charge in [-0.3, -0.25) is 4.55 Å². The molecule has 0 aromatic heterocycles. The van der Waals surface area contributed by atoms with Crippen LogP contribution in [0.5, 0.6) is 5.75 Å². The molecule has 17 heteroatoms. The molecule has 0 fully saturated rings. The summed E-state index contributed by atoms with van der Waals surface area (Å²) in [6.45, 7) is 0. The highest BCUT2D eigenvalue weighted by molar-refractivity contribution is 14.1. The van der Waals surface area contributed by atoms with Crippen LogP contribution < -0.4 is 4.74 Å². The summed E-state index contributed by atoms with van der Waals surface area (Å²) in [4.78, 5) is 36.6. The predicted octanol–water partition coefficient (Wildman–Crippen LogP) is 5.00. The fourth-order valence-corrected chi connectivity index (χ4v) is 6.71. The number of carboxylic acids is 1. The lowest BCUT2D eigenvalue weighted by atomic mass is 10.1. The van der Waals surface area contributed by atoms with Crippen molar-refractivity contribution in [3.63, 3.8) is 0 Å². The Kier molecular flexibility index (Phi) is 10.4. The Morgan fingerprint density at radius 2 is 1.37 bits per heavy atom. The Bertz CT molecular complexity index is 1300. The molecule has 9 nitrogen and oxygen atoms in total. The number of carbonyl (C=O) groups is 3. The van der Waals surface area contributed by atoms with E-state index in [1.165, 1.54) is 0 Å². The molecular formula is C18H9F3I4O9S. The van der Waals surface area contributed by atoms with Crippen molar-refractivity contribution in [1.82, 2.24) is 0 Å². The van der Waals surface area contributed by atoms with Gasteiger partial charge in [-0.1, -0.05) is 0 Å². The fraction of sp³-hybridized carbons (Fsp3) is 0.167. The van der Waals surface area contributed by atoms with Crippen LogP contribution in [0.25, 0.3) is 0 Å². The van der Waals surface area contributed by atoms with Crippen LogP contribution in [0, 0.1) is 14.3 Å². The number of esters is 2. The first kappa shape index (κ1) is 30.7. The Morgan fingerprint density at radius 1 is 0.886 bits per heavy atom. The minimum absolute atomic E-state index is 0.160. The van der Waals surface area contributed by atoms with E-state index in [1.54, 1.807) is 22.6 Å². The maximum atomic E-state index is 12.9. The molecule has 0 aliphatic carbocycles. The van der Waals surface area contributed by atoms with Crippen molar-refractivity contribution in [2.45, 2.75) is 12.3 Å². The number of alkyl halides is 3. The number of hydrogen-bond acceptors (Lipinski definition) is 7. The number of hydrogen-bond donors (Lipinski definition) is 2. The predicted molar refractivity (Wildman–Crippen MR) is 147 cm³/mol. The maximum absolute atomic E-state index is 12.9. The third-order valence-electron chi connectivity index (χ3n) is 3.96. The quantitative estimate of drug-likeness (QED) is 0.0980. The molecule has 2 aromatic rings. The Balaban J connectivity index is 2.28. The third kappa shape index (κ3) is 7.98. The fourth-order valence-electron chi connectivity index (χ4n) is 2.43. The zero-order valence-electron chi connectivity index (χ0n) is 16.4. The molecule has 190 valence electrons. The Hall–Kier alpha value is -0.530. The Morgan fingerprint density at radius 3 is 1.80 bits per heavy atom. The van der Waals surface area contributed by atoms with Crippen molar-refractivity contribution in [2.75, 3.05) is 5.75 Å². The second-order valence-corrected chi connectivity index (χ2v) is 12.2. The largest absolute Gasteiger partial charge is 0.478 e. The average Bonchev–Trinajstić information content (AvgIpc) is 2.72. The molecular weight excluding hydrogens is 957 g/mol. The van der Waals surface area contributed by atoms with E-state index in [0.717, 1.165) is 24.3 Å². The highest BCUT2D eigenvalue weighted by Gasteiger charge is 2.45. The number of carboxylic acid groups (broad SMARTS) is 1. The molecule has 2 N–H and O–H groups in total. The van der Waals surface area contributed by atoms with Crippen LogP contribution >= 0.6 is 90.4 Å². The number of aromatic carboxylic acids is 1. The lowest BCUT2D eigenvalue weighted by molar-refractivity contribution is -0.197. The number of benzene rings is 2. The second kappa shape index (κ2) is 11.9. The van der Waals surface area contributed by atoms with Crippen molar-refractivity contribution < 1.29 is 55.1 Å². The smallest absolute Gasteiger partial charge is 0.426 e. The van der Waals surface area contributed by atoms with Gasteiger partial charge in [0.25, 0.3) is 10.1 Å². The van der Waals surface area contributed by atoms with Crippen LogP contribution in [-0.2, 0) is 14.9 Å². The van der Waals surface area contributed by atoms with E-state index in [2.05, 4.69) is 4.74 Å². The number of ether oxygens (including phenoxy) is 2. The van der Waals surface area contributed by atoms with Crippen LogP contribution in [0.3, 0.4) is 0 Å². The highest BCUT2D eigenvalue weighted by atomic mass is 127. The van der Waals surface area contributed by atoms with Gasteiger partial charge in [-0.2, -0.15) is 21.6 Å². The van der Waals surface area contributed by atoms with E-state index in [-0.39, 0.29) is 16.9 Å². The standard InChI is InChI=1S/C18H9F3I4O9S/c19-18(20,21)8(5-35(30,31)32)34-16(28)6-1-3-7(4-2-6)33-17(29)10-9(15(26)27)11(22)13(24)14(25)12(10)23/h1-4,8H,5H2,(H,26,27)(H,30,31,32). The summed E-state index contributed by atoms with van der Waals surface area (Å²) in [6, 6.07) is 4.01. The topological polar surface area (TPSA) is 144 Å². The molecule has 2 rings (SSSR count). The molecule has 0 saturated heterocycles. The maximum Gasteiger partial charge on any atom is 0.426 e. The SMILES string of the molecule is O=C(OC(CS(=O)(=O)O)C(F)(F)F)c1ccc(OC(=O)c2c(I)c(I)c(I)c(I)c2C(=O)O)cc1. The first-order valence-corrected chi connectivity index (χ1v) is 14.5. The van der Waals surface area contributed by atoms with E-state index < -0.39 is 51.6 Å². The molecule has 0 aliphatic heterocycles. The highest BCUT2D eigenvalue weighted by Crippen LogP contribution is 2.34. The van der Waals surface area contributed by atoms with E-state index in [1.807, 2.05) is 67.8 Å². The lowest BCUT2D eigenvalue weighted by Crippen LogP contribution is -2.39. The van der Waals surface area contributed by atoms with Crippen molar-refractivity contribution in [3.05, 3.63) is 55.2 Å². The molecule has 1 atom stereocenters. The molecule has 0 amide bonds. The first-order chi connectivity index (χ1) is 15.9. The van der Waals surface area contributed by atoms with Gasteiger partial charge in [-0.25, -0.2) is 14.4 Å². The summed E-state index contributed by atoms with van der Waals surface area (Å²) in [5.74, 6) is -5.95. The molecule has 0 bridgehead atoms. The molecule has 2 aromatic carbocycles. The van der Waals surface area contributed by atoms with Gasteiger partial charge < -0.3 is 14.6 Å². The average molecular weight is 966 g/mol. The third-order valence-corrected chi connectivity index (χ3v) is 12.1. The van der Waals surface area contributed by atoms with Gasteiger partial charge >= 0.3 is 24.1 Å². The summed E-state index contributed by atoms with van der Waals surface area (Å²) in [5, 5.41) is 9.59. The summed E-state index contributed by atoms with van der Waals surface area (Å²) in [5.41, 5.74) is -0.898. The van der Waals surface area contributed by atoms with Gasteiger partial charge in [-0.15, -0.1) is 0 Å². The number of halogens is 7. The van der Waals surface area contributed by atoms with Crippen LogP contribution in [0.4, 0.5) is 13.2 Å². The lowest BCUT2D eigenvalue weighted by Gasteiger charge is -2.19. The Labute approximate surface area is 249 Å². The molecule has 0 heterocycles. The molecule has 0 radical (unpaired) electrons. The first-order valence-electron chi connectivity index (χ1n) is 8.58. The van der Waals surface area contributed by atoms with Crippen molar-refractivity contribution in [1.29, 1.82) is 0 Å². The molecule has 0 aliphatic rings. The van der Waals surface area contributed by atoms with Gasteiger partial charge in [0.05, 0.1) is 16.7 Å². The summed E-state index contributed by atoms with van der Waals surface area (Å²) in [6.07, 6.45) is -8.37. The van der Waals surface area contributed by atoms with E-state index in [0.29, 0.717) is 14.3 Å². The number of rotatable bonds is 7. The van der Waals surface area contributed by atoms with Crippen LogP contribution in [-0.4, -0.2) is 54.0 Å². The minimum Gasteiger partial charge on any atom is -0.478 e. The van der Waals surface area contributed by atoms with Gasteiger partial charge in [0, 0.05) is 14.3 Å². The van der Waals surface area contributed by atoms with Gasteiger partial charge in [0.1, 0.15) is 11.5 Å². The monoisotopic (exact) mass is 966 g/mol. The minimum atomic E-state index is -5.26. The van der Waals surface area contributed by atoms with E-state index >= 15 is 0 Å². The van der Waals surface area contributed by atoms with Gasteiger partial charge in [0.15, 0.2) is 0 Å². The van der Waals surface area contributed by atoms with Gasteiger partial charge in [-0.05, 0) is 115 Å². The van der Waals surface area contributed by atoms with Crippen LogP contribution in [0.2, 0.25) is 0 Å². The van der Waals surface area contributed by atoms with Crippen molar-refractivity contribution in [2.24, 2.45) is 0 Å². The zero-order valence-corrected chi connectivity index (χ0v) is 25.8. The molecule has 0 spiro atoms. The van der Waals surface area contributed by atoms with Crippen LogP contribution in [0.15, 0.2) is 24.3 Å². The van der Waals surface area contributed by atoms with Crippen molar-refractivity contribution >= 4 is 118 Å². The van der Waals surface area contributed by atoms with E-state index in [4.69, 9.17) is 9.29 Å². The molecule has 0 saturated carbocycles. The molecule has 35 heavy (non-hydrogen) atoms. The number of carbonyl (C=O) groups excluding carboxylic acids is 2. The molecule has 1 unspecified atom stereocenters.